The molecule has 1 aromatic carbocycles. The first kappa shape index (κ1) is 17.8. The Morgan fingerprint density at radius 1 is 1.25 bits per heavy atom. The number of epoxide rings is 1. The highest BCUT2D eigenvalue weighted by molar-refractivity contribution is 7.99. The second-order valence-electron chi connectivity index (χ2n) is 6.22. The summed E-state index contributed by atoms with van der Waals surface area (Å²) in [7, 11) is 0. The summed E-state index contributed by atoms with van der Waals surface area (Å²) >= 11 is 3.53. The monoisotopic (exact) mass is 364 g/mol. The van der Waals surface area contributed by atoms with Gasteiger partial charge in [-0.15, -0.1) is 11.8 Å². The Morgan fingerprint density at radius 2 is 2.04 bits per heavy atom. The lowest BCUT2D eigenvalue weighted by Crippen LogP contribution is -2.26. The van der Waals surface area contributed by atoms with Crippen molar-refractivity contribution in [2.24, 2.45) is 0 Å². The van der Waals surface area contributed by atoms with Gasteiger partial charge in [0.15, 0.2) is 0 Å². The highest BCUT2D eigenvalue weighted by Gasteiger charge is 2.24. The molecule has 0 radical (unpaired) electrons. The van der Waals surface area contributed by atoms with E-state index in [1.807, 2.05) is 23.9 Å². The van der Waals surface area contributed by atoms with Gasteiger partial charge in [0.1, 0.15) is 24.6 Å². The lowest BCUT2D eigenvalue weighted by atomic mass is 10.0. The Balaban J connectivity index is 1.49. The van der Waals surface area contributed by atoms with Crippen LogP contribution in [0.25, 0.3) is 0 Å². The predicted octanol–water partition coefficient (Wildman–Crippen LogP) is 4.83. The number of hydrogen-bond donors (Lipinski definition) is 0. The van der Waals surface area contributed by atoms with Gasteiger partial charge < -0.3 is 14.2 Å². The van der Waals surface area contributed by atoms with E-state index in [9.17, 15) is 0 Å². The van der Waals surface area contributed by atoms with E-state index in [4.69, 9.17) is 14.2 Å². The molecule has 1 aromatic heterocycles. The molecule has 0 amide bonds. The molecular formula is C19H24O3S2. The van der Waals surface area contributed by atoms with Crippen LogP contribution in [-0.4, -0.2) is 37.8 Å². The van der Waals surface area contributed by atoms with Gasteiger partial charge in [-0.05, 0) is 35.1 Å². The maximum absolute atomic E-state index is 5.98. The molecule has 24 heavy (non-hydrogen) atoms. The minimum atomic E-state index is 0.0591. The maximum Gasteiger partial charge on any atom is 0.119 e. The van der Waals surface area contributed by atoms with E-state index in [2.05, 4.69) is 42.8 Å². The molecular weight excluding hydrogens is 340 g/mol. The van der Waals surface area contributed by atoms with Crippen LogP contribution in [0.1, 0.15) is 25.3 Å². The Morgan fingerprint density at radius 3 is 2.67 bits per heavy atom. The lowest BCUT2D eigenvalue weighted by Gasteiger charge is -2.18. The largest absolute Gasteiger partial charge is 0.491 e. The van der Waals surface area contributed by atoms with Crippen molar-refractivity contribution in [1.29, 1.82) is 0 Å². The number of benzene rings is 1. The molecule has 1 fully saturated rings. The normalized spacial score (nSPS) is 17.9. The fourth-order valence-electron chi connectivity index (χ4n) is 2.21. The van der Waals surface area contributed by atoms with Crippen molar-refractivity contribution in [3.8, 4) is 5.75 Å². The van der Waals surface area contributed by atoms with Gasteiger partial charge in [0.25, 0.3) is 0 Å². The first-order valence-electron chi connectivity index (χ1n) is 8.31. The van der Waals surface area contributed by atoms with Gasteiger partial charge in [-0.1, -0.05) is 26.0 Å². The van der Waals surface area contributed by atoms with Crippen molar-refractivity contribution >= 4 is 23.1 Å². The number of thioether (sulfide) groups is 1. The summed E-state index contributed by atoms with van der Waals surface area (Å²) in [5.74, 6) is 2.32. The van der Waals surface area contributed by atoms with Crippen molar-refractivity contribution < 1.29 is 14.2 Å². The van der Waals surface area contributed by atoms with Crippen LogP contribution in [0.5, 0.6) is 5.75 Å². The fourth-order valence-corrected chi connectivity index (χ4v) is 3.99. The van der Waals surface area contributed by atoms with Gasteiger partial charge in [0.05, 0.1) is 13.2 Å². The molecule has 0 spiro atoms. The molecule has 0 saturated carbocycles. The Kier molecular flexibility index (Phi) is 6.60. The Bertz CT molecular complexity index is 592. The first-order chi connectivity index (χ1) is 11.7. The van der Waals surface area contributed by atoms with Crippen LogP contribution in [-0.2, 0) is 9.47 Å². The van der Waals surface area contributed by atoms with Crippen molar-refractivity contribution in [2.75, 3.05) is 25.6 Å². The summed E-state index contributed by atoms with van der Waals surface area (Å²) in [6, 6.07) is 10.5. The quantitative estimate of drug-likeness (QED) is 0.446. The van der Waals surface area contributed by atoms with E-state index >= 15 is 0 Å². The van der Waals surface area contributed by atoms with Crippen molar-refractivity contribution in [3.63, 3.8) is 0 Å². The summed E-state index contributed by atoms with van der Waals surface area (Å²) in [5.41, 5.74) is 1.33. The molecule has 2 atom stereocenters. The van der Waals surface area contributed by atoms with Gasteiger partial charge in [-0.2, -0.15) is 11.3 Å². The fraction of sp³-hybridized carbons (Fsp3) is 0.474. The summed E-state index contributed by atoms with van der Waals surface area (Å²) in [5, 5.41) is 4.26. The van der Waals surface area contributed by atoms with E-state index in [0.29, 0.717) is 19.1 Å². The summed E-state index contributed by atoms with van der Waals surface area (Å²) in [6.07, 6.45) is 0.341. The standard InChI is InChI=1S/C19H24O3S2/c1-14(2)15-3-5-16(6-4-15)20-11-18(22-10-17-9-21-17)12-24-19-7-8-23-13-19/h3-8,13-14,17-18H,9-12H2,1-2H3. The topological polar surface area (TPSA) is 31.0 Å². The Labute approximate surface area is 152 Å². The molecule has 130 valence electrons. The molecule has 1 aliphatic rings. The third kappa shape index (κ3) is 5.81. The van der Waals surface area contributed by atoms with Crippen molar-refractivity contribution in [2.45, 2.75) is 36.9 Å². The smallest absolute Gasteiger partial charge is 0.119 e. The van der Waals surface area contributed by atoms with E-state index < -0.39 is 0 Å². The van der Waals surface area contributed by atoms with E-state index in [1.165, 1.54) is 10.5 Å². The first-order valence-corrected chi connectivity index (χ1v) is 10.2. The average molecular weight is 365 g/mol. The van der Waals surface area contributed by atoms with Gasteiger partial charge in [-0.25, -0.2) is 0 Å². The molecule has 1 saturated heterocycles. The highest BCUT2D eigenvalue weighted by atomic mass is 32.2. The number of hydrogen-bond acceptors (Lipinski definition) is 5. The predicted molar refractivity (Wildman–Crippen MR) is 101 cm³/mol. The molecule has 5 heteroatoms. The highest BCUT2D eigenvalue weighted by Crippen LogP contribution is 2.24. The van der Waals surface area contributed by atoms with Crippen LogP contribution in [0.2, 0.25) is 0 Å². The third-order valence-electron chi connectivity index (χ3n) is 3.83. The van der Waals surface area contributed by atoms with Crippen LogP contribution in [0.3, 0.4) is 0 Å². The molecule has 2 aromatic rings. The molecule has 3 nitrogen and oxygen atoms in total. The zero-order valence-corrected chi connectivity index (χ0v) is 15.8. The summed E-state index contributed by atoms with van der Waals surface area (Å²) in [4.78, 5) is 1.29. The third-order valence-corrected chi connectivity index (χ3v) is 5.79. The van der Waals surface area contributed by atoms with Gasteiger partial charge in [0.2, 0.25) is 0 Å². The molecule has 2 unspecified atom stereocenters. The minimum Gasteiger partial charge on any atom is -0.491 e. The van der Waals surface area contributed by atoms with E-state index in [1.54, 1.807) is 11.3 Å². The molecule has 0 bridgehead atoms. The number of ether oxygens (including phenoxy) is 3. The zero-order valence-electron chi connectivity index (χ0n) is 14.1. The SMILES string of the molecule is CC(C)c1ccc(OCC(CSc2ccsc2)OCC2CO2)cc1. The second-order valence-corrected chi connectivity index (χ2v) is 8.09. The molecule has 0 N–H and O–H groups in total. The minimum absolute atomic E-state index is 0.0591. The van der Waals surface area contributed by atoms with Gasteiger partial charge in [0, 0.05) is 16.0 Å². The van der Waals surface area contributed by atoms with E-state index in [-0.39, 0.29) is 12.2 Å². The Hall–Kier alpha value is -1.01. The van der Waals surface area contributed by atoms with Gasteiger partial charge >= 0.3 is 0 Å². The number of rotatable bonds is 10. The molecule has 2 heterocycles. The van der Waals surface area contributed by atoms with Crippen LogP contribution in [0.4, 0.5) is 0 Å². The lowest BCUT2D eigenvalue weighted by molar-refractivity contribution is 0.0270. The average Bonchev–Trinajstić information content (AvgIpc) is 3.27. The van der Waals surface area contributed by atoms with Crippen LogP contribution in [0.15, 0.2) is 46.0 Å². The zero-order chi connectivity index (χ0) is 16.8. The maximum atomic E-state index is 5.98. The number of thiophene rings is 1. The van der Waals surface area contributed by atoms with Crippen LogP contribution >= 0.6 is 23.1 Å². The van der Waals surface area contributed by atoms with Crippen molar-refractivity contribution in [1.82, 2.24) is 0 Å². The molecule has 1 aliphatic heterocycles. The summed E-state index contributed by atoms with van der Waals surface area (Å²) in [6.45, 7) is 6.43. The van der Waals surface area contributed by atoms with Crippen LogP contribution < -0.4 is 4.74 Å². The van der Waals surface area contributed by atoms with Gasteiger partial charge in [-0.3, -0.25) is 0 Å². The van der Waals surface area contributed by atoms with Crippen molar-refractivity contribution in [3.05, 3.63) is 46.7 Å². The molecule has 0 aliphatic carbocycles. The second kappa shape index (κ2) is 8.90. The molecule has 3 rings (SSSR count). The van der Waals surface area contributed by atoms with E-state index in [0.717, 1.165) is 18.1 Å². The summed E-state index contributed by atoms with van der Waals surface area (Å²) < 4.78 is 17.2. The van der Waals surface area contributed by atoms with Crippen LogP contribution in [0, 0.1) is 0 Å².